The van der Waals surface area contributed by atoms with Crippen molar-refractivity contribution in [2.24, 2.45) is 5.73 Å². The van der Waals surface area contributed by atoms with Crippen LogP contribution in [0.5, 0.6) is 0 Å². The van der Waals surface area contributed by atoms with Gasteiger partial charge in [0, 0.05) is 15.0 Å². The van der Waals surface area contributed by atoms with E-state index >= 15 is 0 Å². The third-order valence-electron chi connectivity index (χ3n) is 2.82. The highest BCUT2D eigenvalue weighted by Gasteiger charge is 2.11. The van der Waals surface area contributed by atoms with Crippen LogP contribution in [0.25, 0.3) is 0 Å². The quantitative estimate of drug-likeness (QED) is 0.739. The minimum absolute atomic E-state index is 0.216. The van der Waals surface area contributed by atoms with Gasteiger partial charge in [-0.25, -0.2) is 4.39 Å². The van der Waals surface area contributed by atoms with Crippen LogP contribution < -0.4 is 5.73 Å². The lowest BCUT2D eigenvalue weighted by molar-refractivity contribution is 0.621. The van der Waals surface area contributed by atoms with Crippen LogP contribution in [-0.2, 0) is 6.42 Å². The number of rotatable bonds is 3. The van der Waals surface area contributed by atoms with Crippen LogP contribution in [0.4, 0.5) is 4.39 Å². The smallest absolute Gasteiger partial charge is 0.123 e. The Balaban J connectivity index is 2.22. The van der Waals surface area contributed by atoms with Crippen LogP contribution in [-0.4, -0.2) is 0 Å². The lowest BCUT2D eigenvalue weighted by Crippen LogP contribution is -2.13. The van der Waals surface area contributed by atoms with Gasteiger partial charge in [-0.3, -0.25) is 0 Å². The Hall–Kier alpha value is -0.420. The SMILES string of the molecule is NC(Cc1cc(F)ccc1Br)c1ccc(Cl)c(Br)c1. The molecule has 0 fully saturated rings. The molecular weight excluding hydrogens is 396 g/mol. The summed E-state index contributed by atoms with van der Waals surface area (Å²) in [6, 6.07) is 9.95. The third kappa shape index (κ3) is 3.78. The molecule has 0 saturated carbocycles. The van der Waals surface area contributed by atoms with Crippen molar-refractivity contribution in [3.63, 3.8) is 0 Å². The predicted octanol–water partition coefficient (Wildman–Crippen LogP) is 5.25. The Labute approximate surface area is 133 Å². The molecule has 5 heteroatoms. The van der Waals surface area contributed by atoms with E-state index in [1.807, 2.05) is 12.1 Å². The molecule has 1 unspecified atom stereocenters. The molecule has 0 aliphatic carbocycles. The van der Waals surface area contributed by atoms with E-state index in [-0.39, 0.29) is 11.9 Å². The third-order valence-corrected chi connectivity index (χ3v) is 4.81. The second kappa shape index (κ2) is 6.35. The maximum atomic E-state index is 13.2. The highest BCUT2D eigenvalue weighted by molar-refractivity contribution is 9.10. The lowest BCUT2D eigenvalue weighted by Gasteiger charge is -2.14. The molecule has 0 heterocycles. The first kappa shape index (κ1) is 15.0. The first-order valence-corrected chi connectivity index (χ1v) is 7.58. The van der Waals surface area contributed by atoms with Crippen LogP contribution in [0.15, 0.2) is 45.3 Å². The zero-order chi connectivity index (χ0) is 14.0. The van der Waals surface area contributed by atoms with Crippen LogP contribution in [0, 0.1) is 5.82 Å². The number of nitrogens with two attached hydrogens (primary N) is 1. The van der Waals surface area contributed by atoms with Crippen molar-refractivity contribution < 1.29 is 4.39 Å². The van der Waals surface area contributed by atoms with Gasteiger partial charge in [-0.2, -0.15) is 0 Å². The minimum Gasteiger partial charge on any atom is -0.324 e. The van der Waals surface area contributed by atoms with E-state index in [4.69, 9.17) is 17.3 Å². The molecule has 0 spiro atoms. The van der Waals surface area contributed by atoms with Crippen molar-refractivity contribution >= 4 is 43.5 Å². The first-order chi connectivity index (χ1) is 8.97. The van der Waals surface area contributed by atoms with E-state index in [1.54, 1.807) is 12.1 Å². The van der Waals surface area contributed by atoms with E-state index in [2.05, 4.69) is 31.9 Å². The van der Waals surface area contributed by atoms with Crippen molar-refractivity contribution in [2.75, 3.05) is 0 Å². The molecule has 19 heavy (non-hydrogen) atoms. The molecule has 1 nitrogen and oxygen atoms in total. The normalized spacial score (nSPS) is 12.5. The molecule has 1 atom stereocenters. The monoisotopic (exact) mass is 405 g/mol. The van der Waals surface area contributed by atoms with E-state index < -0.39 is 0 Å². The first-order valence-electron chi connectivity index (χ1n) is 5.62. The van der Waals surface area contributed by atoms with E-state index in [0.29, 0.717) is 11.4 Å². The second-order valence-corrected chi connectivity index (χ2v) is 6.34. The van der Waals surface area contributed by atoms with E-state index in [1.165, 1.54) is 12.1 Å². The summed E-state index contributed by atoms with van der Waals surface area (Å²) < 4.78 is 14.9. The van der Waals surface area contributed by atoms with Crippen molar-refractivity contribution in [1.29, 1.82) is 0 Å². The largest absolute Gasteiger partial charge is 0.324 e. The zero-order valence-corrected chi connectivity index (χ0v) is 13.8. The van der Waals surface area contributed by atoms with Gasteiger partial charge in [0.25, 0.3) is 0 Å². The van der Waals surface area contributed by atoms with Gasteiger partial charge in [-0.05, 0) is 63.8 Å². The summed E-state index contributed by atoms with van der Waals surface area (Å²) in [5.41, 5.74) is 7.95. The van der Waals surface area contributed by atoms with Crippen molar-refractivity contribution in [2.45, 2.75) is 12.5 Å². The van der Waals surface area contributed by atoms with Gasteiger partial charge in [0.15, 0.2) is 0 Å². The molecule has 0 radical (unpaired) electrons. The number of hydrogen-bond donors (Lipinski definition) is 1. The molecule has 0 aliphatic rings. The summed E-state index contributed by atoms with van der Waals surface area (Å²) in [6.45, 7) is 0. The molecule has 2 N–H and O–H groups in total. The molecule has 2 aromatic rings. The summed E-state index contributed by atoms with van der Waals surface area (Å²) >= 11 is 12.7. The molecule has 2 aromatic carbocycles. The molecule has 0 aromatic heterocycles. The van der Waals surface area contributed by atoms with Gasteiger partial charge in [0.2, 0.25) is 0 Å². The Kier molecular flexibility index (Phi) is 5.01. The fourth-order valence-corrected chi connectivity index (χ4v) is 2.72. The average molecular weight is 408 g/mol. The van der Waals surface area contributed by atoms with Crippen LogP contribution in [0.3, 0.4) is 0 Å². The molecule has 0 aliphatic heterocycles. The van der Waals surface area contributed by atoms with E-state index in [0.717, 1.165) is 20.1 Å². The van der Waals surface area contributed by atoms with Crippen LogP contribution in [0.1, 0.15) is 17.2 Å². The number of hydrogen-bond acceptors (Lipinski definition) is 1. The Morgan fingerprint density at radius 2 is 1.84 bits per heavy atom. The molecule has 100 valence electrons. The van der Waals surface area contributed by atoms with Gasteiger partial charge in [-0.15, -0.1) is 0 Å². The molecule has 0 amide bonds. The highest BCUT2D eigenvalue weighted by Crippen LogP contribution is 2.28. The minimum atomic E-state index is -0.261. The summed E-state index contributed by atoms with van der Waals surface area (Å²) in [7, 11) is 0. The van der Waals surface area contributed by atoms with Gasteiger partial charge < -0.3 is 5.73 Å². The summed E-state index contributed by atoms with van der Waals surface area (Å²) in [5.74, 6) is -0.261. The van der Waals surface area contributed by atoms with Gasteiger partial charge in [-0.1, -0.05) is 33.6 Å². The fourth-order valence-electron chi connectivity index (χ4n) is 1.80. The maximum Gasteiger partial charge on any atom is 0.123 e. The maximum absolute atomic E-state index is 13.2. The second-order valence-electron chi connectivity index (χ2n) is 4.22. The Morgan fingerprint density at radius 1 is 1.11 bits per heavy atom. The summed E-state index contributed by atoms with van der Waals surface area (Å²) in [4.78, 5) is 0. The number of halogens is 4. The molecular formula is C14H11Br2ClFN. The van der Waals surface area contributed by atoms with Crippen molar-refractivity contribution in [1.82, 2.24) is 0 Å². The van der Waals surface area contributed by atoms with Crippen molar-refractivity contribution in [3.05, 3.63) is 67.3 Å². The summed E-state index contributed by atoms with van der Waals surface area (Å²) in [5, 5.41) is 0.642. The van der Waals surface area contributed by atoms with Gasteiger partial charge in [0.1, 0.15) is 5.82 Å². The fraction of sp³-hybridized carbons (Fsp3) is 0.143. The Morgan fingerprint density at radius 3 is 2.53 bits per heavy atom. The van der Waals surface area contributed by atoms with E-state index in [9.17, 15) is 4.39 Å². The topological polar surface area (TPSA) is 26.0 Å². The average Bonchev–Trinajstić information content (AvgIpc) is 2.37. The highest BCUT2D eigenvalue weighted by atomic mass is 79.9. The molecule has 0 bridgehead atoms. The summed E-state index contributed by atoms with van der Waals surface area (Å²) in [6.07, 6.45) is 0.548. The van der Waals surface area contributed by atoms with Crippen LogP contribution in [0.2, 0.25) is 5.02 Å². The zero-order valence-electron chi connectivity index (χ0n) is 9.84. The lowest BCUT2D eigenvalue weighted by atomic mass is 10.00. The van der Waals surface area contributed by atoms with Crippen molar-refractivity contribution in [3.8, 4) is 0 Å². The Bertz CT molecular complexity index is 604. The molecule has 0 saturated heterocycles. The van der Waals surface area contributed by atoms with Crippen LogP contribution >= 0.6 is 43.5 Å². The predicted molar refractivity (Wildman–Crippen MR) is 83.9 cm³/mol. The number of benzene rings is 2. The van der Waals surface area contributed by atoms with Gasteiger partial charge >= 0.3 is 0 Å². The standard InChI is InChI=1S/C14H11Br2ClFN/c15-11-3-2-10(18)5-9(11)7-14(19)8-1-4-13(17)12(16)6-8/h1-6,14H,7,19H2. The molecule has 2 rings (SSSR count). The van der Waals surface area contributed by atoms with Gasteiger partial charge in [0.05, 0.1) is 5.02 Å².